The van der Waals surface area contributed by atoms with E-state index >= 15 is 0 Å². The molecule has 1 atom stereocenters. The van der Waals surface area contributed by atoms with Crippen LogP contribution in [-0.4, -0.2) is 15.7 Å². The van der Waals surface area contributed by atoms with E-state index in [4.69, 9.17) is 5.26 Å². The third kappa shape index (κ3) is 1.77. The molecule has 0 N–H and O–H groups in total. The fourth-order valence-corrected chi connectivity index (χ4v) is 0.841. The van der Waals surface area contributed by atoms with Gasteiger partial charge in [0.05, 0.1) is 6.54 Å². The first-order chi connectivity index (χ1) is 5.24. The first-order valence-electron chi connectivity index (χ1n) is 3.29. The van der Waals surface area contributed by atoms with Gasteiger partial charge in [0.2, 0.25) is 5.82 Å². The van der Waals surface area contributed by atoms with Gasteiger partial charge < -0.3 is 4.57 Å². The Morgan fingerprint density at radius 1 is 1.91 bits per heavy atom. The highest BCUT2D eigenvalue weighted by molar-refractivity contribution is 5.11. The van der Waals surface area contributed by atoms with Gasteiger partial charge >= 0.3 is 0 Å². The summed E-state index contributed by atoms with van der Waals surface area (Å²) in [6.45, 7) is 1.64. The summed E-state index contributed by atoms with van der Waals surface area (Å²) in [5.41, 5.74) is 0. The largest absolute Gasteiger partial charge is 0.320 e. The maximum atomic E-state index is 12.4. The quantitative estimate of drug-likeness (QED) is 0.638. The predicted octanol–water partition coefficient (Wildman–Crippen LogP) is 1.11. The van der Waals surface area contributed by atoms with Crippen molar-refractivity contribution in [2.24, 2.45) is 0 Å². The number of hydrogen-bond acceptors (Lipinski definition) is 2. The summed E-state index contributed by atoms with van der Waals surface area (Å²) in [6.07, 6.45) is 2.13. The van der Waals surface area contributed by atoms with Crippen LogP contribution in [-0.2, 0) is 6.54 Å². The highest BCUT2D eigenvalue weighted by Gasteiger charge is 2.04. The van der Waals surface area contributed by atoms with Crippen LogP contribution >= 0.6 is 0 Å². The van der Waals surface area contributed by atoms with Crippen LogP contribution in [0.15, 0.2) is 12.4 Å². The Kier molecular flexibility index (Phi) is 2.21. The second-order valence-corrected chi connectivity index (χ2v) is 2.30. The fourth-order valence-electron chi connectivity index (χ4n) is 0.841. The average molecular weight is 153 g/mol. The van der Waals surface area contributed by atoms with Gasteiger partial charge in [0.15, 0.2) is 0 Å². The Morgan fingerprint density at radius 2 is 2.64 bits per heavy atom. The average Bonchev–Trinajstić information content (AvgIpc) is 2.34. The Bertz CT molecular complexity index is 271. The van der Waals surface area contributed by atoms with Crippen molar-refractivity contribution in [3.8, 4) is 6.07 Å². The molecule has 11 heavy (non-hydrogen) atoms. The molecule has 0 spiro atoms. The van der Waals surface area contributed by atoms with Crippen molar-refractivity contribution >= 4 is 0 Å². The first kappa shape index (κ1) is 7.73. The molecular weight excluding hydrogens is 145 g/mol. The molecule has 1 aromatic rings. The normalized spacial score (nSPS) is 12.5. The van der Waals surface area contributed by atoms with Crippen LogP contribution < -0.4 is 0 Å². The molecule has 0 aromatic carbocycles. The smallest absolute Gasteiger partial charge is 0.212 e. The molecule has 3 nitrogen and oxygen atoms in total. The molecule has 0 bridgehead atoms. The van der Waals surface area contributed by atoms with Crippen LogP contribution in [0.4, 0.5) is 4.39 Å². The summed E-state index contributed by atoms with van der Waals surface area (Å²) in [4.78, 5) is 3.72. The number of aromatic nitrogens is 2. The molecule has 0 aliphatic heterocycles. The maximum Gasteiger partial charge on any atom is 0.212 e. The second-order valence-electron chi connectivity index (χ2n) is 2.30. The molecule has 1 rings (SSSR count). The Hall–Kier alpha value is -1.37. The SMILES string of the molecule is CC(F)Cn1ccnc1C#N. The van der Waals surface area contributed by atoms with E-state index < -0.39 is 6.17 Å². The lowest BCUT2D eigenvalue weighted by Crippen LogP contribution is -2.08. The minimum Gasteiger partial charge on any atom is -0.320 e. The van der Waals surface area contributed by atoms with Crippen LogP contribution in [0.25, 0.3) is 0 Å². The third-order valence-corrected chi connectivity index (χ3v) is 1.26. The zero-order valence-corrected chi connectivity index (χ0v) is 6.16. The number of rotatable bonds is 2. The van der Waals surface area contributed by atoms with Crippen molar-refractivity contribution < 1.29 is 4.39 Å². The summed E-state index contributed by atoms with van der Waals surface area (Å²) in [5, 5.41) is 8.46. The van der Waals surface area contributed by atoms with E-state index in [0.29, 0.717) is 0 Å². The van der Waals surface area contributed by atoms with Crippen LogP contribution in [0.3, 0.4) is 0 Å². The van der Waals surface area contributed by atoms with Gasteiger partial charge in [-0.2, -0.15) is 5.26 Å². The lowest BCUT2D eigenvalue weighted by Gasteiger charge is -2.02. The van der Waals surface area contributed by atoms with Gasteiger partial charge in [-0.25, -0.2) is 9.37 Å². The van der Waals surface area contributed by atoms with Gasteiger partial charge in [0, 0.05) is 12.4 Å². The van der Waals surface area contributed by atoms with E-state index in [1.165, 1.54) is 17.7 Å². The molecule has 1 unspecified atom stereocenters. The van der Waals surface area contributed by atoms with Gasteiger partial charge in [0.25, 0.3) is 0 Å². The predicted molar refractivity (Wildman–Crippen MR) is 37.5 cm³/mol. The number of nitriles is 1. The number of hydrogen-bond donors (Lipinski definition) is 0. The maximum absolute atomic E-state index is 12.4. The van der Waals surface area contributed by atoms with Crippen molar-refractivity contribution in [1.29, 1.82) is 5.26 Å². The van der Waals surface area contributed by atoms with E-state index in [1.54, 1.807) is 6.20 Å². The van der Waals surface area contributed by atoms with Gasteiger partial charge in [-0.15, -0.1) is 0 Å². The standard InChI is InChI=1S/C7H8FN3/c1-6(8)5-11-3-2-10-7(11)4-9/h2-3,6H,5H2,1H3. The highest BCUT2D eigenvalue weighted by Crippen LogP contribution is 1.99. The zero-order chi connectivity index (χ0) is 8.27. The molecular formula is C7H8FN3. The van der Waals surface area contributed by atoms with Crippen LogP contribution in [0.1, 0.15) is 12.7 Å². The summed E-state index contributed by atoms with van der Waals surface area (Å²) in [6, 6.07) is 1.87. The number of imidazole rings is 1. The van der Waals surface area contributed by atoms with Crippen LogP contribution in [0.2, 0.25) is 0 Å². The monoisotopic (exact) mass is 153 g/mol. The van der Waals surface area contributed by atoms with Gasteiger partial charge in [-0.1, -0.05) is 0 Å². The number of alkyl halides is 1. The van der Waals surface area contributed by atoms with Gasteiger partial charge in [-0.3, -0.25) is 0 Å². The topological polar surface area (TPSA) is 41.6 Å². The molecule has 0 saturated carbocycles. The van der Waals surface area contributed by atoms with E-state index in [9.17, 15) is 4.39 Å². The van der Waals surface area contributed by atoms with Crippen molar-refractivity contribution in [2.45, 2.75) is 19.6 Å². The minimum absolute atomic E-state index is 0.197. The van der Waals surface area contributed by atoms with E-state index in [0.717, 1.165) is 0 Å². The van der Waals surface area contributed by atoms with Gasteiger partial charge in [-0.05, 0) is 6.92 Å². The van der Waals surface area contributed by atoms with Crippen molar-refractivity contribution in [1.82, 2.24) is 9.55 Å². The summed E-state index contributed by atoms with van der Waals surface area (Å²) >= 11 is 0. The molecule has 0 aliphatic carbocycles. The van der Waals surface area contributed by atoms with Crippen molar-refractivity contribution in [3.63, 3.8) is 0 Å². The number of nitrogens with zero attached hydrogens (tertiary/aromatic N) is 3. The molecule has 0 fully saturated rings. The molecule has 4 heteroatoms. The fraction of sp³-hybridized carbons (Fsp3) is 0.429. The van der Waals surface area contributed by atoms with Crippen molar-refractivity contribution in [3.05, 3.63) is 18.2 Å². The van der Waals surface area contributed by atoms with E-state index in [-0.39, 0.29) is 12.4 Å². The first-order valence-corrected chi connectivity index (χ1v) is 3.29. The summed E-state index contributed by atoms with van der Waals surface area (Å²) in [7, 11) is 0. The van der Waals surface area contributed by atoms with Crippen LogP contribution in [0.5, 0.6) is 0 Å². The lowest BCUT2D eigenvalue weighted by molar-refractivity contribution is 0.319. The van der Waals surface area contributed by atoms with Crippen molar-refractivity contribution in [2.75, 3.05) is 0 Å². The van der Waals surface area contributed by atoms with E-state index in [2.05, 4.69) is 4.98 Å². The molecule has 0 amide bonds. The molecule has 1 aromatic heterocycles. The number of halogens is 1. The lowest BCUT2D eigenvalue weighted by atomic mass is 10.4. The second kappa shape index (κ2) is 3.15. The summed E-state index contributed by atoms with van der Waals surface area (Å²) < 4.78 is 13.9. The minimum atomic E-state index is -0.948. The molecule has 0 saturated heterocycles. The Labute approximate surface area is 64.1 Å². The summed E-state index contributed by atoms with van der Waals surface area (Å²) in [5.74, 6) is 0.259. The molecule has 0 radical (unpaired) electrons. The molecule has 58 valence electrons. The zero-order valence-electron chi connectivity index (χ0n) is 6.16. The van der Waals surface area contributed by atoms with Gasteiger partial charge in [0.1, 0.15) is 12.2 Å². The van der Waals surface area contributed by atoms with Crippen LogP contribution in [0, 0.1) is 11.3 Å². The Balaban J connectivity index is 2.79. The molecule has 0 aliphatic rings. The third-order valence-electron chi connectivity index (χ3n) is 1.26. The van der Waals surface area contributed by atoms with E-state index in [1.807, 2.05) is 6.07 Å². The Morgan fingerprint density at radius 3 is 3.18 bits per heavy atom. The molecule has 1 heterocycles. The highest BCUT2D eigenvalue weighted by atomic mass is 19.1.